The lowest BCUT2D eigenvalue weighted by Gasteiger charge is -2.24. The summed E-state index contributed by atoms with van der Waals surface area (Å²) < 4.78 is 45.5. The summed E-state index contributed by atoms with van der Waals surface area (Å²) in [4.78, 5) is 6.20. The summed E-state index contributed by atoms with van der Waals surface area (Å²) >= 11 is 0. The maximum atomic E-state index is 12.9. The first-order valence-electron chi connectivity index (χ1n) is 8.29. The highest BCUT2D eigenvalue weighted by atomic mass is 127. The SMILES string of the molecule is CN=C(NCc1nnc2ccc(C(F)(F)F)cn12)N(C)CC1CCOC1.I. The number of hydrogen-bond acceptors (Lipinski definition) is 4. The highest BCUT2D eigenvalue weighted by molar-refractivity contribution is 14.0. The molecule has 0 aromatic carbocycles. The van der Waals surface area contributed by atoms with Gasteiger partial charge in [-0.1, -0.05) is 0 Å². The van der Waals surface area contributed by atoms with E-state index in [4.69, 9.17) is 4.74 Å². The third-order valence-corrected chi connectivity index (χ3v) is 4.33. The fourth-order valence-electron chi connectivity index (χ4n) is 2.97. The van der Waals surface area contributed by atoms with Crippen molar-refractivity contribution in [2.45, 2.75) is 19.1 Å². The quantitative estimate of drug-likeness (QED) is 0.399. The van der Waals surface area contributed by atoms with Crippen LogP contribution in [0, 0.1) is 5.92 Å². The van der Waals surface area contributed by atoms with Gasteiger partial charge in [-0.25, -0.2) is 0 Å². The Bertz CT molecular complexity index is 788. The van der Waals surface area contributed by atoms with Crippen LogP contribution in [0.25, 0.3) is 5.65 Å². The van der Waals surface area contributed by atoms with Crippen molar-refractivity contribution in [3.05, 3.63) is 29.7 Å². The molecule has 1 saturated heterocycles. The maximum Gasteiger partial charge on any atom is 0.417 e. The van der Waals surface area contributed by atoms with Crippen molar-refractivity contribution < 1.29 is 17.9 Å². The second kappa shape index (κ2) is 9.04. The van der Waals surface area contributed by atoms with Gasteiger partial charge in [0.25, 0.3) is 0 Å². The van der Waals surface area contributed by atoms with Crippen LogP contribution in [0.2, 0.25) is 0 Å². The number of pyridine rings is 1. The van der Waals surface area contributed by atoms with Crippen molar-refractivity contribution in [3.63, 3.8) is 0 Å². The van der Waals surface area contributed by atoms with Gasteiger partial charge in [-0.2, -0.15) is 13.2 Å². The summed E-state index contributed by atoms with van der Waals surface area (Å²) in [5.41, 5.74) is -0.380. The number of ether oxygens (including phenoxy) is 1. The molecule has 11 heteroatoms. The van der Waals surface area contributed by atoms with Gasteiger partial charge < -0.3 is 15.0 Å². The van der Waals surface area contributed by atoms with E-state index >= 15 is 0 Å². The number of nitrogens with one attached hydrogen (secondary N) is 1. The molecule has 1 aliphatic rings. The van der Waals surface area contributed by atoms with Crippen LogP contribution in [-0.4, -0.2) is 59.3 Å². The van der Waals surface area contributed by atoms with Crippen LogP contribution in [0.15, 0.2) is 23.3 Å². The average molecular weight is 498 g/mol. The summed E-state index contributed by atoms with van der Waals surface area (Å²) in [6.45, 7) is 2.51. The fraction of sp³-hybridized carbons (Fsp3) is 0.562. The number of aliphatic imine (C=N–C) groups is 1. The summed E-state index contributed by atoms with van der Waals surface area (Å²) in [7, 11) is 3.57. The molecule has 0 spiro atoms. The number of hydrogen-bond donors (Lipinski definition) is 1. The van der Waals surface area contributed by atoms with Gasteiger partial charge in [0.15, 0.2) is 17.4 Å². The van der Waals surface area contributed by atoms with Crippen molar-refractivity contribution in [2.24, 2.45) is 10.9 Å². The van der Waals surface area contributed by atoms with E-state index < -0.39 is 11.7 Å². The molecule has 2 aromatic heterocycles. The van der Waals surface area contributed by atoms with Crippen molar-refractivity contribution in [1.82, 2.24) is 24.8 Å². The Hall–Kier alpha value is -1.63. The minimum absolute atomic E-state index is 0. The molecule has 3 rings (SSSR count). The Morgan fingerprint density at radius 3 is 2.81 bits per heavy atom. The van der Waals surface area contributed by atoms with E-state index in [1.807, 2.05) is 11.9 Å². The predicted molar refractivity (Wildman–Crippen MR) is 105 cm³/mol. The molecule has 1 N–H and O–H groups in total. The molecule has 1 unspecified atom stereocenters. The van der Waals surface area contributed by atoms with Crippen LogP contribution in [0.5, 0.6) is 0 Å². The van der Waals surface area contributed by atoms with Gasteiger partial charge in [-0.3, -0.25) is 9.39 Å². The number of alkyl halides is 3. The molecule has 150 valence electrons. The smallest absolute Gasteiger partial charge is 0.381 e. The van der Waals surface area contributed by atoms with Crippen LogP contribution in [0.3, 0.4) is 0 Å². The topological polar surface area (TPSA) is 67.0 Å². The van der Waals surface area contributed by atoms with Crippen LogP contribution in [-0.2, 0) is 17.5 Å². The Labute approximate surface area is 172 Å². The minimum atomic E-state index is -4.41. The van der Waals surface area contributed by atoms with Gasteiger partial charge in [0, 0.05) is 39.4 Å². The molecule has 0 aliphatic carbocycles. The summed E-state index contributed by atoms with van der Waals surface area (Å²) in [5, 5.41) is 11.0. The first kappa shape index (κ1) is 21.7. The van der Waals surface area contributed by atoms with Gasteiger partial charge >= 0.3 is 6.18 Å². The largest absolute Gasteiger partial charge is 0.417 e. The molecular weight excluding hydrogens is 476 g/mol. The zero-order chi connectivity index (χ0) is 18.7. The van der Waals surface area contributed by atoms with Gasteiger partial charge in [0.2, 0.25) is 0 Å². The Morgan fingerprint density at radius 2 is 2.19 bits per heavy atom. The number of guanidine groups is 1. The number of rotatable bonds is 4. The van der Waals surface area contributed by atoms with Crippen LogP contribution in [0.4, 0.5) is 13.2 Å². The van der Waals surface area contributed by atoms with Crippen molar-refractivity contribution in [3.8, 4) is 0 Å². The summed E-state index contributed by atoms with van der Waals surface area (Å²) in [5.74, 6) is 1.47. The van der Waals surface area contributed by atoms with Gasteiger partial charge in [0.1, 0.15) is 0 Å². The third-order valence-electron chi connectivity index (χ3n) is 4.33. The molecule has 7 nitrogen and oxygen atoms in total. The molecule has 2 aromatic rings. The Kier molecular flexibility index (Phi) is 7.25. The fourth-order valence-corrected chi connectivity index (χ4v) is 2.97. The van der Waals surface area contributed by atoms with Gasteiger partial charge in [-0.05, 0) is 18.6 Å². The molecule has 0 amide bonds. The Morgan fingerprint density at radius 1 is 1.41 bits per heavy atom. The molecule has 3 heterocycles. The van der Waals surface area contributed by atoms with E-state index in [-0.39, 0.29) is 30.5 Å². The lowest BCUT2D eigenvalue weighted by molar-refractivity contribution is -0.137. The van der Waals surface area contributed by atoms with Crippen LogP contribution in [0.1, 0.15) is 17.8 Å². The number of halogens is 4. The standard InChI is InChI=1S/C16H21F3N6O.HI/c1-20-15(24(2)8-11-5-6-26-10-11)21-7-14-23-22-13-4-3-12(9-25(13)14)16(17,18)19;/h3-4,9,11H,5-8,10H2,1-2H3,(H,20,21);1H. The van der Waals surface area contributed by atoms with E-state index in [9.17, 15) is 13.2 Å². The first-order chi connectivity index (χ1) is 12.4. The second-order valence-electron chi connectivity index (χ2n) is 6.27. The van der Waals surface area contributed by atoms with Crippen LogP contribution >= 0.6 is 24.0 Å². The van der Waals surface area contributed by atoms with E-state index in [0.717, 1.165) is 38.4 Å². The van der Waals surface area contributed by atoms with E-state index in [1.165, 1.54) is 10.5 Å². The molecule has 27 heavy (non-hydrogen) atoms. The summed E-state index contributed by atoms with van der Waals surface area (Å²) in [6, 6.07) is 2.30. The molecule has 0 bridgehead atoms. The van der Waals surface area contributed by atoms with Gasteiger partial charge in [0.05, 0.1) is 18.7 Å². The van der Waals surface area contributed by atoms with Crippen molar-refractivity contribution >= 4 is 35.6 Å². The monoisotopic (exact) mass is 498 g/mol. The molecule has 1 atom stereocenters. The molecule has 1 fully saturated rings. The van der Waals surface area contributed by atoms with E-state index in [0.29, 0.717) is 23.3 Å². The zero-order valence-electron chi connectivity index (χ0n) is 15.0. The normalized spacial score (nSPS) is 17.8. The second-order valence-corrected chi connectivity index (χ2v) is 6.27. The summed E-state index contributed by atoms with van der Waals surface area (Å²) in [6.07, 6.45) is -2.40. The molecule has 0 saturated carbocycles. The highest BCUT2D eigenvalue weighted by Crippen LogP contribution is 2.29. The van der Waals surface area contributed by atoms with Gasteiger partial charge in [-0.15, -0.1) is 34.2 Å². The van der Waals surface area contributed by atoms with E-state index in [2.05, 4.69) is 20.5 Å². The van der Waals surface area contributed by atoms with E-state index in [1.54, 1.807) is 7.05 Å². The number of aromatic nitrogens is 3. The highest BCUT2D eigenvalue weighted by Gasteiger charge is 2.31. The lowest BCUT2D eigenvalue weighted by Crippen LogP contribution is -2.41. The molecule has 1 aliphatic heterocycles. The first-order valence-corrected chi connectivity index (χ1v) is 8.29. The Balaban J connectivity index is 0.00000261. The third kappa shape index (κ3) is 5.21. The zero-order valence-corrected chi connectivity index (χ0v) is 17.4. The molecular formula is C16H22F3IN6O. The van der Waals surface area contributed by atoms with Crippen molar-refractivity contribution in [1.29, 1.82) is 0 Å². The molecule has 0 radical (unpaired) electrons. The average Bonchev–Trinajstić information content (AvgIpc) is 3.24. The lowest BCUT2D eigenvalue weighted by atomic mass is 10.1. The van der Waals surface area contributed by atoms with Crippen molar-refractivity contribution in [2.75, 3.05) is 33.9 Å². The minimum Gasteiger partial charge on any atom is -0.381 e. The predicted octanol–water partition coefficient (Wildman–Crippen LogP) is 2.41. The number of nitrogens with zero attached hydrogens (tertiary/aromatic N) is 5. The number of fused-ring (bicyclic) bond motifs is 1. The van der Waals surface area contributed by atoms with Crippen LogP contribution < -0.4 is 5.32 Å². The maximum absolute atomic E-state index is 12.9.